The largest absolute Gasteiger partial charge is 0.437 e. The summed E-state index contributed by atoms with van der Waals surface area (Å²) < 4.78 is 8.45. The van der Waals surface area contributed by atoms with E-state index in [2.05, 4.69) is 79.1 Å². The molecule has 0 aliphatic heterocycles. The van der Waals surface area contributed by atoms with E-state index in [0.29, 0.717) is 5.71 Å². The molecule has 3 nitrogen and oxygen atoms in total. The Hall–Kier alpha value is -3.20. The van der Waals surface area contributed by atoms with Crippen LogP contribution in [0.25, 0.3) is 44.1 Å². The molecule has 0 spiro atoms. The number of hydrogen-bond acceptors (Lipinski definition) is 2. The lowest BCUT2D eigenvalue weighted by Gasteiger charge is -2.10. The summed E-state index contributed by atoms with van der Waals surface area (Å²) in [6.45, 7) is 4.30. The Morgan fingerprint density at radius 1 is 0.923 bits per heavy atom. The average Bonchev–Trinajstić information content (AvgIpc) is 3.04. The topological polar surface area (TPSA) is 29.9 Å². The Kier molecular flexibility index (Phi) is 3.13. The maximum atomic E-state index is 6.30. The number of hydrogen-bond donors (Lipinski definition) is 0. The van der Waals surface area contributed by atoms with Crippen LogP contribution in [-0.4, -0.2) is 4.98 Å². The Balaban J connectivity index is 2.09. The van der Waals surface area contributed by atoms with Crippen molar-refractivity contribution >= 4 is 32.8 Å². The molecule has 0 amide bonds. The van der Waals surface area contributed by atoms with Crippen molar-refractivity contribution in [2.24, 2.45) is 7.05 Å². The van der Waals surface area contributed by atoms with E-state index in [-0.39, 0.29) is 0 Å². The summed E-state index contributed by atoms with van der Waals surface area (Å²) in [5.41, 5.74) is 6.35. The highest BCUT2D eigenvalue weighted by atomic mass is 16.3. The number of aromatic nitrogens is 2. The van der Waals surface area contributed by atoms with Gasteiger partial charge in [0.1, 0.15) is 7.05 Å². The van der Waals surface area contributed by atoms with Crippen molar-refractivity contribution in [3.63, 3.8) is 0 Å². The molecule has 3 heterocycles. The molecule has 0 fully saturated rings. The summed E-state index contributed by atoms with van der Waals surface area (Å²) in [6.07, 6.45) is 3.89. The van der Waals surface area contributed by atoms with E-state index >= 15 is 0 Å². The van der Waals surface area contributed by atoms with Gasteiger partial charge in [-0.3, -0.25) is 0 Å². The molecule has 126 valence electrons. The number of fused-ring (bicyclic) bond motifs is 5. The first-order valence-electron chi connectivity index (χ1n) is 8.80. The van der Waals surface area contributed by atoms with Crippen molar-refractivity contribution in [1.29, 1.82) is 0 Å². The Morgan fingerprint density at radius 3 is 2.54 bits per heavy atom. The summed E-state index contributed by atoms with van der Waals surface area (Å²) in [5.74, 6) is 0. The van der Waals surface area contributed by atoms with Crippen LogP contribution in [0.2, 0.25) is 0 Å². The molecule has 0 atom stereocenters. The van der Waals surface area contributed by atoms with Gasteiger partial charge in [-0.2, -0.15) is 0 Å². The molecule has 0 bridgehead atoms. The van der Waals surface area contributed by atoms with E-state index in [9.17, 15) is 0 Å². The number of furan rings is 1. The highest BCUT2D eigenvalue weighted by Gasteiger charge is 2.24. The summed E-state index contributed by atoms with van der Waals surface area (Å²) in [6, 6.07) is 17.0. The fourth-order valence-corrected chi connectivity index (χ4v) is 3.94. The van der Waals surface area contributed by atoms with Crippen LogP contribution in [0.3, 0.4) is 0 Å². The Bertz CT molecular complexity index is 1310. The quantitative estimate of drug-likeness (QED) is 0.391. The van der Waals surface area contributed by atoms with Gasteiger partial charge in [-0.05, 0) is 47.9 Å². The lowest BCUT2D eigenvalue weighted by atomic mass is 9.93. The zero-order valence-corrected chi connectivity index (χ0v) is 15.1. The molecule has 0 aliphatic carbocycles. The predicted octanol–water partition coefficient (Wildman–Crippen LogP) is 5.24. The second-order valence-electron chi connectivity index (χ2n) is 6.91. The van der Waals surface area contributed by atoms with Crippen molar-refractivity contribution in [2.45, 2.75) is 13.8 Å². The first-order chi connectivity index (χ1) is 12.6. The number of benzene rings is 2. The molecule has 0 N–H and O–H groups in total. The highest BCUT2D eigenvalue weighted by Crippen LogP contribution is 2.42. The maximum Gasteiger partial charge on any atom is 0.227 e. The van der Waals surface area contributed by atoms with Gasteiger partial charge < -0.3 is 4.42 Å². The van der Waals surface area contributed by atoms with Crippen LogP contribution in [0.5, 0.6) is 0 Å². The van der Waals surface area contributed by atoms with Gasteiger partial charge >= 0.3 is 0 Å². The van der Waals surface area contributed by atoms with Crippen molar-refractivity contribution in [3.8, 4) is 11.3 Å². The van der Waals surface area contributed by atoms with Gasteiger partial charge in [0.15, 0.2) is 11.8 Å². The molecule has 3 heteroatoms. The van der Waals surface area contributed by atoms with Gasteiger partial charge in [0.2, 0.25) is 11.4 Å². The molecule has 0 saturated heterocycles. The van der Waals surface area contributed by atoms with Gasteiger partial charge in [-0.25, -0.2) is 9.55 Å². The lowest BCUT2D eigenvalue weighted by Crippen LogP contribution is -2.30. The number of aryl methyl sites for hydroxylation is 3. The molecule has 26 heavy (non-hydrogen) atoms. The van der Waals surface area contributed by atoms with E-state index in [1.807, 2.05) is 6.07 Å². The van der Waals surface area contributed by atoms with Crippen LogP contribution in [0, 0.1) is 13.8 Å². The summed E-state index contributed by atoms with van der Waals surface area (Å²) in [5, 5.41) is 4.68. The minimum Gasteiger partial charge on any atom is -0.437 e. The number of rotatable bonds is 1. The third-order valence-corrected chi connectivity index (χ3v) is 5.23. The molecule has 0 radical (unpaired) electrons. The van der Waals surface area contributed by atoms with Crippen LogP contribution in [0.1, 0.15) is 11.1 Å². The third kappa shape index (κ3) is 2.00. The molecule has 0 unspecified atom stereocenters. The fraction of sp³-hybridized carbons (Fsp3) is 0.130. The van der Waals surface area contributed by atoms with Crippen LogP contribution in [0.15, 0.2) is 65.3 Å². The normalized spacial score (nSPS) is 11.7. The minimum absolute atomic E-state index is 0.690. The maximum absolute atomic E-state index is 6.30. The molecule has 5 aromatic rings. The first-order valence-corrected chi connectivity index (χ1v) is 8.80. The lowest BCUT2D eigenvalue weighted by molar-refractivity contribution is -0.660. The Labute approximate surface area is 151 Å². The van der Waals surface area contributed by atoms with Gasteiger partial charge in [-0.15, -0.1) is 0 Å². The second-order valence-corrected chi connectivity index (χ2v) is 6.91. The monoisotopic (exact) mass is 339 g/mol. The summed E-state index contributed by atoms with van der Waals surface area (Å²) >= 11 is 0. The smallest absolute Gasteiger partial charge is 0.227 e. The highest BCUT2D eigenvalue weighted by molar-refractivity contribution is 6.22. The second kappa shape index (κ2) is 5.40. The van der Waals surface area contributed by atoms with Gasteiger partial charge in [-0.1, -0.05) is 24.3 Å². The van der Waals surface area contributed by atoms with E-state index in [1.54, 1.807) is 6.20 Å². The van der Waals surface area contributed by atoms with Crippen molar-refractivity contribution in [3.05, 3.63) is 72.1 Å². The van der Waals surface area contributed by atoms with Crippen molar-refractivity contribution < 1.29 is 8.98 Å². The van der Waals surface area contributed by atoms with Crippen LogP contribution in [-0.2, 0) is 7.05 Å². The zero-order chi connectivity index (χ0) is 17.8. The predicted molar refractivity (Wildman–Crippen MR) is 105 cm³/mol. The van der Waals surface area contributed by atoms with Crippen LogP contribution < -0.4 is 4.57 Å². The number of nitrogens with zero attached hydrogens (tertiary/aromatic N) is 2. The van der Waals surface area contributed by atoms with E-state index in [4.69, 9.17) is 4.42 Å². The van der Waals surface area contributed by atoms with Gasteiger partial charge in [0, 0.05) is 29.1 Å². The van der Waals surface area contributed by atoms with Crippen LogP contribution in [0.4, 0.5) is 0 Å². The SMILES string of the molecule is Cc1cc[n+](C)c(-c2c(C)c3ccccc3c3c2oc2ncccc23)c1. The summed E-state index contributed by atoms with van der Waals surface area (Å²) in [4.78, 5) is 4.46. The first kappa shape index (κ1) is 15.1. The Morgan fingerprint density at radius 2 is 1.69 bits per heavy atom. The molecular weight excluding hydrogens is 320 g/mol. The molecule has 0 aliphatic rings. The molecular formula is C23H19N2O+. The van der Waals surface area contributed by atoms with E-state index in [0.717, 1.165) is 27.6 Å². The van der Waals surface area contributed by atoms with Gasteiger partial charge in [0.25, 0.3) is 0 Å². The number of pyridine rings is 2. The van der Waals surface area contributed by atoms with E-state index in [1.165, 1.54) is 21.9 Å². The van der Waals surface area contributed by atoms with E-state index < -0.39 is 0 Å². The van der Waals surface area contributed by atoms with Crippen molar-refractivity contribution in [2.75, 3.05) is 0 Å². The minimum atomic E-state index is 0.690. The standard InChI is InChI=1S/C23H19N2O/c1-14-10-12-25(3)19(13-14)20-15(2)16-7-4-5-8-17(16)21-18-9-6-11-24-23(18)26-22(20)21/h4-13H,1-3H3/q+1. The molecule has 0 saturated carbocycles. The molecule has 3 aromatic heterocycles. The molecule has 2 aromatic carbocycles. The summed E-state index contributed by atoms with van der Waals surface area (Å²) in [7, 11) is 2.08. The zero-order valence-electron chi connectivity index (χ0n) is 15.1. The molecule has 5 rings (SSSR count). The third-order valence-electron chi connectivity index (χ3n) is 5.23. The van der Waals surface area contributed by atoms with Crippen molar-refractivity contribution in [1.82, 2.24) is 4.98 Å². The average molecular weight is 339 g/mol. The fourth-order valence-electron chi connectivity index (χ4n) is 3.94. The van der Waals surface area contributed by atoms with Crippen LogP contribution >= 0.6 is 0 Å². The van der Waals surface area contributed by atoms with Gasteiger partial charge in [0.05, 0.1) is 5.56 Å².